The Bertz CT molecular complexity index is 771. The first kappa shape index (κ1) is 14.2. The van der Waals surface area contributed by atoms with Crippen molar-refractivity contribution in [1.29, 1.82) is 0 Å². The van der Waals surface area contributed by atoms with Gasteiger partial charge in [-0.05, 0) is 67.3 Å². The topological polar surface area (TPSA) is 68.2 Å². The van der Waals surface area contributed by atoms with Gasteiger partial charge in [-0.1, -0.05) is 0 Å². The lowest BCUT2D eigenvalue weighted by atomic mass is 9.92. The molecule has 0 saturated heterocycles. The molecule has 2 aromatic heterocycles. The van der Waals surface area contributed by atoms with E-state index in [2.05, 4.69) is 26.3 Å². The van der Waals surface area contributed by atoms with Crippen molar-refractivity contribution in [3.05, 3.63) is 21.9 Å². The molecule has 2 heterocycles. The molecular weight excluding hydrogens is 354 g/mol. The van der Waals surface area contributed by atoms with E-state index in [9.17, 15) is 0 Å². The fraction of sp³-hybridized carbons (Fsp3) is 0.647. The first-order chi connectivity index (χ1) is 11.2. The Labute approximate surface area is 144 Å². The van der Waals surface area contributed by atoms with Crippen molar-refractivity contribution in [2.45, 2.75) is 68.9 Å². The Morgan fingerprint density at radius 2 is 2.00 bits per heavy atom. The van der Waals surface area contributed by atoms with Crippen LogP contribution in [0.15, 0.2) is 10.7 Å². The minimum atomic E-state index is 0.379. The first-order valence-corrected chi connectivity index (χ1v) is 9.54. The van der Waals surface area contributed by atoms with Crippen LogP contribution in [0, 0.1) is 0 Å². The van der Waals surface area contributed by atoms with Gasteiger partial charge in [0.15, 0.2) is 5.65 Å². The molecular formula is C17H22BrN5. The SMILES string of the molecule is NC1CCC(Nc2c3c(nc4c(Br)cnn24)C2(CC3)CC2)CC1. The molecule has 6 heteroatoms. The van der Waals surface area contributed by atoms with Crippen molar-refractivity contribution in [1.82, 2.24) is 14.6 Å². The van der Waals surface area contributed by atoms with Gasteiger partial charge in [0.1, 0.15) is 5.82 Å². The van der Waals surface area contributed by atoms with E-state index in [0.717, 1.165) is 42.2 Å². The van der Waals surface area contributed by atoms with Crippen LogP contribution in [-0.2, 0) is 11.8 Å². The van der Waals surface area contributed by atoms with E-state index >= 15 is 0 Å². The van der Waals surface area contributed by atoms with Crippen LogP contribution in [0.3, 0.4) is 0 Å². The maximum absolute atomic E-state index is 6.06. The highest BCUT2D eigenvalue weighted by Gasteiger charge is 2.51. The summed E-state index contributed by atoms with van der Waals surface area (Å²) in [4.78, 5) is 4.99. The zero-order valence-electron chi connectivity index (χ0n) is 13.2. The summed E-state index contributed by atoms with van der Waals surface area (Å²) in [5.41, 5.74) is 10.1. The molecule has 3 aliphatic carbocycles. The van der Waals surface area contributed by atoms with Gasteiger partial charge in [-0.25, -0.2) is 4.98 Å². The van der Waals surface area contributed by atoms with E-state index in [1.165, 1.54) is 36.3 Å². The van der Waals surface area contributed by atoms with E-state index in [-0.39, 0.29) is 0 Å². The molecule has 0 bridgehead atoms. The van der Waals surface area contributed by atoms with Gasteiger partial charge in [0.2, 0.25) is 0 Å². The molecule has 0 radical (unpaired) electrons. The van der Waals surface area contributed by atoms with E-state index in [1.807, 2.05) is 10.7 Å². The second-order valence-corrected chi connectivity index (χ2v) is 8.41. The van der Waals surface area contributed by atoms with E-state index < -0.39 is 0 Å². The number of halogens is 1. The maximum atomic E-state index is 6.06. The predicted octanol–water partition coefficient (Wildman–Crippen LogP) is 3.15. The summed E-state index contributed by atoms with van der Waals surface area (Å²) in [6.07, 6.45) is 11.4. The average molecular weight is 376 g/mol. The molecule has 3 N–H and O–H groups in total. The number of nitrogens with two attached hydrogens (primary N) is 1. The van der Waals surface area contributed by atoms with E-state index in [1.54, 1.807) is 0 Å². The number of nitrogens with one attached hydrogen (secondary N) is 1. The minimum absolute atomic E-state index is 0.379. The Kier molecular flexibility index (Phi) is 3.05. The summed E-state index contributed by atoms with van der Waals surface area (Å²) >= 11 is 3.61. The minimum Gasteiger partial charge on any atom is -0.367 e. The number of anilines is 1. The Hall–Kier alpha value is -1.14. The van der Waals surface area contributed by atoms with Crippen LogP contribution in [0.25, 0.3) is 5.65 Å². The molecule has 5 rings (SSSR count). The summed E-state index contributed by atoms with van der Waals surface area (Å²) in [6, 6.07) is 0.882. The summed E-state index contributed by atoms with van der Waals surface area (Å²) in [6.45, 7) is 0. The van der Waals surface area contributed by atoms with Gasteiger partial charge in [-0.15, -0.1) is 0 Å². The summed E-state index contributed by atoms with van der Waals surface area (Å²) in [7, 11) is 0. The molecule has 0 aromatic carbocycles. The van der Waals surface area contributed by atoms with Gasteiger partial charge in [0.05, 0.1) is 16.4 Å². The van der Waals surface area contributed by atoms with E-state index in [4.69, 9.17) is 10.7 Å². The molecule has 1 spiro atoms. The van der Waals surface area contributed by atoms with Crippen LogP contribution < -0.4 is 11.1 Å². The quantitative estimate of drug-likeness (QED) is 0.845. The van der Waals surface area contributed by atoms with Gasteiger partial charge in [0.25, 0.3) is 0 Å². The van der Waals surface area contributed by atoms with Crippen LogP contribution in [0.1, 0.15) is 56.2 Å². The molecule has 5 nitrogen and oxygen atoms in total. The maximum Gasteiger partial charge on any atom is 0.171 e. The van der Waals surface area contributed by atoms with Crippen LogP contribution in [0.4, 0.5) is 5.82 Å². The smallest absolute Gasteiger partial charge is 0.171 e. The van der Waals surface area contributed by atoms with Crippen LogP contribution in [0.2, 0.25) is 0 Å². The van der Waals surface area contributed by atoms with Crippen molar-refractivity contribution < 1.29 is 0 Å². The Morgan fingerprint density at radius 3 is 2.74 bits per heavy atom. The van der Waals surface area contributed by atoms with E-state index in [0.29, 0.717) is 17.5 Å². The summed E-state index contributed by atoms with van der Waals surface area (Å²) < 4.78 is 2.98. The summed E-state index contributed by atoms with van der Waals surface area (Å²) in [5, 5.41) is 8.37. The third kappa shape index (κ3) is 2.14. The second-order valence-electron chi connectivity index (χ2n) is 7.55. The van der Waals surface area contributed by atoms with Crippen LogP contribution in [-0.4, -0.2) is 26.7 Å². The predicted molar refractivity (Wildman–Crippen MR) is 93.8 cm³/mol. The Balaban J connectivity index is 1.59. The van der Waals surface area contributed by atoms with Crippen molar-refractivity contribution >= 4 is 27.4 Å². The first-order valence-electron chi connectivity index (χ1n) is 8.75. The lowest BCUT2D eigenvalue weighted by molar-refractivity contribution is 0.410. The zero-order valence-corrected chi connectivity index (χ0v) is 14.8. The molecule has 2 aromatic rings. The fourth-order valence-electron chi connectivity index (χ4n) is 4.40. The highest BCUT2D eigenvalue weighted by Crippen LogP contribution is 2.57. The lowest BCUT2D eigenvalue weighted by Crippen LogP contribution is -2.33. The fourth-order valence-corrected chi connectivity index (χ4v) is 4.75. The lowest BCUT2D eigenvalue weighted by Gasteiger charge is -2.28. The number of aromatic nitrogens is 3. The third-order valence-electron chi connectivity index (χ3n) is 6.02. The van der Waals surface area contributed by atoms with Gasteiger partial charge < -0.3 is 11.1 Å². The molecule has 2 saturated carbocycles. The molecule has 0 amide bonds. The molecule has 0 atom stereocenters. The molecule has 0 aliphatic heterocycles. The molecule has 122 valence electrons. The number of rotatable bonds is 2. The highest BCUT2D eigenvalue weighted by molar-refractivity contribution is 9.10. The van der Waals surface area contributed by atoms with Crippen LogP contribution >= 0.6 is 15.9 Å². The van der Waals surface area contributed by atoms with Gasteiger partial charge in [-0.2, -0.15) is 9.61 Å². The molecule has 2 fully saturated rings. The third-order valence-corrected chi connectivity index (χ3v) is 6.58. The van der Waals surface area contributed by atoms with Gasteiger partial charge >= 0.3 is 0 Å². The highest BCUT2D eigenvalue weighted by atomic mass is 79.9. The van der Waals surface area contributed by atoms with Crippen molar-refractivity contribution in [2.75, 3.05) is 5.32 Å². The number of nitrogens with zero attached hydrogens (tertiary/aromatic N) is 3. The standard InChI is InChI=1S/C17H22BrN5/c18-13-9-20-23-15(21-11-3-1-10(19)2-4-11)12-5-6-17(7-8-17)14(12)22-16(13)23/h9-11,21H,1-8,19H2. The normalized spacial score (nSPS) is 28.3. The van der Waals surface area contributed by atoms with Crippen molar-refractivity contribution in [3.8, 4) is 0 Å². The number of hydrogen-bond donors (Lipinski definition) is 2. The average Bonchev–Trinajstić information content (AvgIpc) is 3.12. The molecule has 0 unspecified atom stereocenters. The van der Waals surface area contributed by atoms with Crippen molar-refractivity contribution in [3.63, 3.8) is 0 Å². The van der Waals surface area contributed by atoms with Crippen molar-refractivity contribution in [2.24, 2.45) is 5.73 Å². The largest absolute Gasteiger partial charge is 0.367 e. The Morgan fingerprint density at radius 1 is 1.22 bits per heavy atom. The van der Waals surface area contributed by atoms with Gasteiger partial charge in [0, 0.05) is 23.1 Å². The van der Waals surface area contributed by atoms with Crippen LogP contribution in [0.5, 0.6) is 0 Å². The number of fused-ring (bicyclic) bond motifs is 3. The van der Waals surface area contributed by atoms with Gasteiger partial charge in [-0.3, -0.25) is 0 Å². The monoisotopic (exact) mass is 375 g/mol. The zero-order chi connectivity index (χ0) is 15.6. The molecule has 3 aliphatic rings. The number of hydrogen-bond acceptors (Lipinski definition) is 4. The molecule has 23 heavy (non-hydrogen) atoms. The second kappa shape index (κ2) is 4.93. The summed E-state index contributed by atoms with van der Waals surface area (Å²) in [5.74, 6) is 1.18.